The Morgan fingerprint density at radius 1 is 1.46 bits per heavy atom. The third-order valence-corrected chi connectivity index (χ3v) is 2.60. The molecule has 0 bridgehead atoms. The van der Waals surface area contributed by atoms with Crippen LogP contribution in [0.4, 0.5) is 0 Å². The molecule has 13 heavy (non-hydrogen) atoms. The molecular formula is C10H14BrNO. The van der Waals surface area contributed by atoms with Gasteiger partial charge < -0.3 is 10.1 Å². The molecule has 1 rings (SSSR count). The Morgan fingerprint density at radius 2 is 2.15 bits per heavy atom. The van der Waals surface area contributed by atoms with Gasteiger partial charge in [0.25, 0.3) is 0 Å². The molecular weight excluding hydrogens is 230 g/mol. The second-order valence-electron chi connectivity index (χ2n) is 2.94. The number of nitrogens with one attached hydrogen (secondary N) is 1. The van der Waals surface area contributed by atoms with Gasteiger partial charge in [0.1, 0.15) is 5.75 Å². The minimum Gasteiger partial charge on any atom is -0.496 e. The highest BCUT2D eigenvalue weighted by atomic mass is 79.9. The summed E-state index contributed by atoms with van der Waals surface area (Å²) in [6, 6.07) is 4.13. The Balaban J connectivity index is 3.05. The molecule has 0 atom stereocenters. The Morgan fingerprint density at radius 3 is 2.69 bits per heavy atom. The van der Waals surface area contributed by atoms with Crippen molar-refractivity contribution in [3.8, 4) is 5.75 Å². The lowest BCUT2D eigenvalue weighted by Gasteiger charge is -2.09. The van der Waals surface area contributed by atoms with Gasteiger partial charge >= 0.3 is 0 Å². The molecule has 0 aliphatic carbocycles. The average Bonchev–Trinajstić information content (AvgIpc) is 2.11. The van der Waals surface area contributed by atoms with Crippen molar-refractivity contribution in [3.05, 3.63) is 27.7 Å². The molecule has 3 heteroatoms. The van der Waals surface area contributed by atoms with Crippen molar-refractivity contribution in [2.75, 3.05) is 14.2 Å². The van der Waals surface area contributed by atoms with E-state index in [4.69, 9.17) is 4.74 Å². The summed E-state index contributed by atoms with van der Waals surface area (Å²) in [5.41, 5.74) is 2.53. The number of methoxy groups -OCH3 is 1. The molecule has 0 aliphatic rings. The zero-order chi connectivity index (χ0) is 9.84. The normalized spacial score (nSPS) is 10.2. The molecule has 0 amide bonds. The average molecular weight is 244 g/mol. The summed E-state index contributed by atoms with van der Waals surface area (Å²) in [7, 11) is 3.62. The van der Waals surface area contributed by atoms with Gasteiger partial charge in [-0.15, -0.1) is 0 Å². The first kappa shape index (κ1) is 10.5. The maximum Gasteiger partial charge on any atom is 0.133 e. The smallest absolute Gasteiger partial charge is 0.133 e. The van der Waals surface area contributed by atoms with Crippen LogP contribution < -0.4 is 10.1 Å². The summed E-state index contributed by atoms with van der Waals surface area (Å²) in [6.07, 6.45) is 0. The first-order valence-electron chi connectivity index (χ1n) is 4.16. The van der Waals surface area contributed by atoms with Gasteiger partial charge in [-0.25, -0.2) is 0 Å². The third-order valence-electron chi connectivity index (χ3n) is 1.98. The van der Waals surface area contributed by atoms with E-state index in [2.05, 4.69) is 34.2 Å². The number of halogens is 1. The number of hydrogen-bond acceptors (Lipinski definition) is 2. The van der Waals surface area contributed by atoms with Crippen LogP contribution in [0.25, 0.3) is 0 Å². The van der Waals surface area contributed by atoms with Gasteiger partial charge in [-0.2, -0.15) is 0 Å². The second-order valence-corrected chi connectivity index (χ2v) is 3.80. The van der Waals surface area contributed by atoms with E-state index in [1.54, 1.807) is 7.11 Å². The fourth-order valence-electron chi connectivity index (χ4n) is 1.23. The lowest BCUT2D eigenvalue weighted by atomic mass is 10.1. The number of ether oxygens (including phenoxy) is 1. The van der Waals surface area contributed by atoms with Crippen LogP contribution in [-0.2, 0) is 6.54 Å². The minimum atomic E-state index is 0.883. The van der Waals surface area contributed by atoms with Crippen LogP contribution >= 0.6 is 15.9 Å². The van der Waals surface area contributed by atoms with Gasteiger partial charge in [-0.1, -0.05) is 0 Å². The topological polar surface area (TPSA) is 21.3 Å². The van der Waals surface area contributed by atoms with E-state index in [-0.39, 0.29) is 0 Å². The van der Waals surface area contributed by atoms with Crippen molar-refractivity contribution >= 4 is 15.9 Å². The van der Waals surface area contributed by atoms with E-state index < -0.39 is 0 Å². The Labute approximate surface area is 87.4 Å². The van der Waals surface area contributed by atoms with Crippen molar-refractivity contribution in [2.45, 2.75) is 13.5 Å². The summed E-state index contributed by atoms with van der Waals surface area (Å²) in [6.45, 7) is 2.97. The predicted octanol–water partition coefficient (Wildman–Crippen LogP) is 2.49. The highest BCUT2D eigenvalue weighted by molar-refractivity contribution is 9.10. The summed E-state index contributed by atoms with van der Waals surface area (Å²) in [5.74, 6) is 0.886. The minimum absolute atomic E-state index is 0.883. The summed E-state index contributed by atoms with van der Waals surface area (Å²) < 4.78 is 6.20. The van der Waals surface area contributed by atoms with E-state index in [1.807, 2.05) is 13.1 Å². The fourth-order valence-corrected chi connectivity index (χ4v) is 1.79. The molecule has 0 heterocycles. The highest BCUT2D eigenvalue weighted by Crippen LogP contribution is 2.28. The third kappa shape index (κ3) is 2.45. The van der Waals surface area contributed by atoms with Crippen LogP contribution in [0.2, 0.25) is 0 Å². The highest BCUT2D eigenvalue weighted by Gasteiger charge is 2.04. The van der Waals surface area contributed by atoms with Crippen LogP contribution in [0.3, 0.4) is 0 Å². The molecule has 2 nitrogen and oxygen atoms in total. The monoisotopic (exact) mass is 243 g/mol. The molecule has 0 aliphatic heterocycles. The zero-order valence-corrected chi connectivity index (χ0v) is 9.73. The second kappa shape index (κ2) is 4.63. The Hall–Kier alpha value is -0.540. The first-order chi connectivity index (χ1) is 6.19. The molecule has 72 valence electrons. The van der Waals surface area contributed by atoms with E-state index in [1.165, 1.54) is 11.1 Å². The first-order valence-corrected chi connectivity index (χ1v) is 4.96. The molecule has 0 saturated heterocycles. The lowest BCUT2D eigenvalue weighted by Crippen LogP contribution is -2.06. The number of benzene rings is 1. The zero-order valence-electron chi connectivity index (χ0n) is 8.15. The van der Waals surface area contributed by atoms with Crippen LogP contribution in [0.15, 0.2) is 16.6 Å². The number of hydrogen-bond donors (Lipinski definition) is 1. The SMILES string of the molecule is CNCc1cc(Br)c(OC)cc1C. The van der Waals surface area contributed by atoms with Crippen molar-refractivity contribution in [1.29, 1.82) is 0 Å². The summed E-state index contributed by atoms with van der Waals surface area (Å²) >= 11 is 3.46. The molecule has 0 radical (unpaired) electrons. The van der Waals surface area contributed by atoms with Crippen molar-refractivity contribution in [3.63, 3.8) is 0 Å². The molecule has 1 aromatic carbocycles. The maximum atomic E-state index is 5.19. The molecule has 0 saturated carbocycles. The van der Waals surface area contributed by atoms with Gasteiger partial charge in [0, 0.05) is 6.54 Å². The molecule has 0 aromatic heterocycles. The van der Waals surface area contributed by atoms with Gasteiger partial charge in [0.05, 0.1) is 11.6 Å². The van der Waals surface area contributed by atoms with Crippen molar-refractivity contribution in [2.24, 2.45) is 0 Å². The maximum absolute atomic E-state index is 5.19. The molecule has 1 aromatic rings. The quantitative estimate of drug-likeness (QED) is 0.881. The lowest BCUT2D eigenvalue weighted by molar-refractivity contribution is 0.411. The Bertz CT molecular complexity index is 299. The fraction of sp³-hybridized carbons (Fsp3) is 0.400. The van der Waals surface area contributed by atoms with Crippen molar-refractivity contribution in [1.82, 2.24) is 5.32 Å². The van der Waals surface area contributed by atoms with Crippen LogP contribution in [0, 0.1) is 6.92 Å². The number of aryl methyl sites for hydroxylation is 1. The van der Waals surface area contributed by atoms with Crippen LogP contribution in [0.5, 0.6) is 5.75 Å². The molecule has 0 spiro atoms. The molecule has 0 unspecified atom stereocenters. The van der Waals surface area contributed by atoms with Gasteiger partial charge in [-0.05, 0) is 53.2 Å². The standard InChI is InChI=1S/C10H14BrNO/c1-7-4-10(13-3)9(11)5-8(7)6-12-2/h4-5,12H,6H2,1-3H3. The van der Waals surface area contributed by atoms with E-state index in [9.17, 15) is 0 Å². The van der Waals surface area contributed by atoms with Crippen molar-refractivity contribution < 1.29 is 4.74 Å². The predicted molar refractivity (Wildman–Crippen MR) is 58.2 cm³/mol. The van der Waals surface area contributed by atoms with E-state index >= 15 is 0 Å². The van der Waals surface area contributed by atoms with Gasteiger partial charge in [0.15, 0.2) is 0 Å². The largest absolute Gasteiger partial charge is 0.496 e. The van der Waals surface area contributed by atoms with Crippen LogP contribution in [-0.4, -0.2) is 14.2 Å². The number of rotatable bonds is 3. The summed E-state index contributed by atoms with van der Waals surface area (Å²) in [5, 5.41) is 3.13. The van der Waals surface area contributed by atoms with Gasteiger partial charge in [-0.3, -0.25) is 0 Å². The molecule has 0 fully saturated rings. The van der Waals surface area contributed by atoms with Gasteiger partial charge in [0.2, 0.25) is 0 Å². The van der Waals surface area contributed by atoms with E-state index in [0.29, 0.717) is 0 Å². The summed E-state index contributed by atoms with van der Waals surface area (Å²) in [4.78, 5) is 0. The van der Waals surface area contributed by atoms with E-state index in [0.717, 1.165) is 16.8 Å². The molecule has 1 N–H and O–H groups in total. The Kier molecular flexibility index (Phi) is 3.75. The van der Waals surface area contributed by atoms with Crippen LogP contribution in [0.1, 0.15) is 11.1 Å².